The zero-order valence-electron chi connectivity index (χ0n) is 12.8. The van der Waals surface area contributed by atoms with Crippen LogP contribution in [0.3, 0.4) is 0 Å². The lowest BCUT2D eigenvalue weighted by Gasteiger charge is -2.63. The van der Waals surface area contributed by atoms with Gasteiger partial charge in [0.2, 0.25) is 0 Å². The molecule has 2 aliphatic heterocycles. The summed E-state index contributed by atoms with van der Waals surface area (Å²) in [5.74, 6) is 1.47. The molecule has 0 aromatic carbocycles. The van der Waals surface area contributed by atoms with Crippen molar-refractivity contribution < 1.29 is 4.74 Å². The van der Waals surface area contributed by atoms with Crippen molar-refractivity contribution >= 4 is 0 Å². The molecule has 4 atom stereocenters. The predicted molar refractivity (Wildman–Crippen MR) is 78.0 cm³/mol. The average Bonchev–Trinajstić information content (AvgIpc) is 2.75. The molecule has 4 unspecified atom stereocenters. The van der Waals surface area contributed by atoms with Crippen LogP contribution >= 0.6 is 0 Å². The fourth-order valence-electron chi connectivity index (χ4n) is 4.65. The summed E-state index contributed by atoms with van der Waals surface area (Å²) in [7, 11) is 0. The van der Waals surface area contributed by atoms with E-state index < -0.39 is 0 Å². The van der Waals surface area contributed by atoms with E-state index in [9.17, 15) is 0 Å². The normalized spacial score (nSPS) is 46.4. The van der Waals surface area contributed by atoms with Crippen LogP contribution in [0.5, 0.6) is 0 Å². The van der Waals surface area contributed by atoms with Gasteiger partial charge in [-0.15, -0.1) is 0 Å². The Labute approximate surface area is 117 Å². The van der Waals surface area contributed by atoms with Gasteiger partial charge in [0, 0.05) is 30.0 Å². The van der Waals surface area contributed by atoms with Crippen molar-refractivity contribution in [2.45, 2.75) is 58.1 Å². The van der Waals surface area contributed by atoms with E-state index in [2.05, 4.69) is 25.7 Å². The highest BCUT2D eigenvalue weighted by atomic mass is 16.5. The minimum Gasteiger partial charge on any atom is -0.377 e. The van der Waals surface area contributed by atoms with E-state index in [0.717, 1.165) is 25.5 Å². The lowest BCUT2D eigenvalue weighted by molar-refractivity contribution is -0.163. The van der Waals surface area contributed by atoms with E-state index in [1.807, 2.05) is 0 Å². The summed E-state index contributed by atoms with van der Waals surface area (Å²) in [5.41, 5.74) is 6.95. The SMILES string of the molecule is CC1CCCN(CC2(N)C3CCOC3C2(C)C)CC1. The predicted octanol–water partition coefficient (Wildman–Crippen LogP) is 2.25. The van der Waals surface area contributed by atoms with Gasteiger partial charge in [-0.3, -0.25) is 0 Å². The van der Waals surface area contributed by atoms with E-state index in [4.69, 9.17) is 10.5 Å². The summed E-state index contributed by atoms with van der Waals surface area (Å²) in [6, 6.07) is 0. The summed E-state index contributed by atoms with van der Waals surface area (Å²) in [6.45, 7) is 11.4. The Kier molecular flexibility index (Phi) is 3.43. The van der Waals surface area contributed by atoms with Gasteiger partial charge in [-0.2, -0.15) is 0 Å². The van der Waals surface area contributed by atoms with Crippen molar-refractivity contribution in [2.75, 3.05) is 26.2 Å². The number of fused-ring (bicyclic) bond motifs is 1. The fraction of sp³-hybridized carbons (Fsp3) is 1.00. The smallest absolute Gasteiger partial charge is 0.0691 e. The van der Waals surface area contributed by atoms with E-state index in [-0.39, 0.29) is 11.0 Å². The van der Waals surface area contributed by atoms with Gasteiger partial charge in [0.15, 0.2) is 0 Å². The highest BCUT2D eigenvalue weighted by Gasteiger charge is 2.67. The minimum atomic E-state index is -0.0399. The van der Waals surface area contributed by atoms with E-state index in [1.165, 1.54) is 32.4 Å². The van der Waals surface area contributed by atoms with Gasteiger partial charge in [-0.1, -0.05) is 20.8 Å². The third kappa shape index (κ3) is 2.05. The van der Waals surface area contributed by atoms with Gasteiger partial charge >= 0.3 is 0 Å². The minimum absolute atomic E-state index is 0.0399. The number of hydrogen-bond donors (Lipinski definition) is 1. The molecule has 0 bridgehead atoms. The molecule has 3 aliphatic rings. The molecule has 3 fully saturated rings. The number of likely N-dealkylation sites (tertiary alicyclic amines) is 1. The molecule has 2 heterocycles. The first-order chi connectivity index (χ1) is 8.95. The summed E-state index contributed by atoms with van der Waals surface area (Å²) >= 11 is 0. The molecule has 3 rings (SSSR count). The molecule has 3 heteroatoms. The zero-order chi connectivity index (χ0) is 13.7. The second-order valence-corrected chi connectivity index (χ2v) is 7.76. The molecule has 0 aromatic rings. The van der Waals surface area contributed by atoms with Crippen molar-refractivity contribution in [3.63, 3.8) is 0 Å². The molecule has 110 valence electrons. The highest BCUT2D eigenvalue weighted by Crippen LogP contribution is 2.58. The van der Waals surface area contributed by atoms with Crippen molar-refractivity contribution in [3.05, 3.63) is 0 Å². The molecule has 1 saturated carbocycles. The molecule has 19 heavy (non-hydrogen) atoms. The largest absolute Gasteiger partial charge is 0.377 e. The van der Waals surface area contributed by atoms with E-state index in [0.29, 0.717) is 12.0 Å². The van der Waals surface area contributed by atoms with Crippen LogP contribution in [0.4, 0.5) is 0 Å². The zero-order valence-corrected chi connectivity index (χ0v) is 12.8. The van der Waals surface area contributed by atoms with Crippen molar-refractivity contribution in [3.8, 4) is 0 Å². The Balaban J connectivity index is 1.68. The quantitative estimate of drug-likeness (QED) is 0.833. The molecular formula is C16H30N2O. The van der Waals surface area contributed by atoms with E-state index >= 15 is 0 Å². The number of hydrogen-bond acceptors (Lipinski definition) is 3. The first-order valence-corrected chi connectivity index (χ1v) is 8.08. The van der Waals surface area contributed by atoms with Gasteiger partial charge in [0.05, 0.1) is 6.10 Å². The number of nitrogens with two attached hydrogens (primary N) is 1. The third-order valence-electron chi connectivity index (χ3n) is 6.26. The molecule has 1 aliphatic carbocycles. The van der Waals surface area contributed by atoms with Crippen molar-refractivity contribution in [1.29, 1.82) is 0 Å². The number of ether oxygens (including phenoxy) is 1. The molecule has 2 saturated heterocycles. The Bertz CT molecular complexity index is 344. The first-order valence-electron chi connectivity index (χ1n) is 8.08. The summed E-state index contributed by atoms with van der Waals surface area (Å²) in [6.07, 6.45) is 5.62. The van der Waals surface area contributed by atoms with Gasteiger partial charge in [-0.25, -0.2) is 0 Å². The Hall–Kier alpha value is -0.120. The molecule has 0 aromatic heterocycles. The monoisotopic (exact) mass is 266 g/mol. The molecule has 0 radical (unpaired) electrons. The molecule has 0 spiro atoms. The van der Waals surface area contributed by atoms with Crippen LogP contribution in [0.15, 0.2) is 0 Å². The standard InChI is InChI=1S/C16H30N2O/c1-12-5-4-8-18(9-6-12)11-16(17)13-7-10-19-14(13)15(16,2)3/h12-14H,4-11,17H2,1-3H3. The van der Waals surface area contributed by atoms with Gasteiger partial charge in [-0.05, 0) is 44.7 Å². The van der Waals surface area contributed by atoms with Gasteiger partial charge < -0.3 is 15.4 Å². The van der Waals surface area contributed by atoms with E-state index in [1.54, 1.807) is 0 Å². The van der Waals surface area contributed by atoms with Crippen LogP contribution < -0.4 is 5.73 Å². The van der Waals surface area contributed by atoms with Crippen molar-refractivity contribution in [2.24, 2.45) is 23.0 Å². The Morgan fingerprint density at radius 1 is 1.21 bits per heavy atom. The molecule has 2 N–H and O–H groups in total. The van der Waals surface area contributed by atoms with Gasteiger partial charge in [0.25, 0.3) is 0 Å². The Morgan fingerprint density at radius 3 is 2.79 bits per heavy atom. The maximum atomic E-state index is 6.86. The van der Waals surface area contributed by atoms with Crippen LogP contribution in [0.2, 0.25) is 0 Å². The topological polar surface area (TPSA) is 38.5 Å². The van der Waals surface area contributed by atoms with Crippen LogP contribution in [0, 0.1) is 17.3 Å². The molecule has 3 nitrogen and oxygen atoms in total. The van der Waals surface area contributed by atoms with Crippen LogP contribution in [0.1, 0.15) is 46.5 Å². The lowest BCUT2D eigenvalue weighted by Crippen LogP contribution is -2.78. The van der Waals surface area contributed by atoms with Crippen LogP contribution in [-0.4, -0.2) is 42.8 Å². The maximum Gasteiger partial charge on any atom is 0.0691 e. The Morgan fingerprint density at radius 2 is 2.00 bits per heavy atom. The number of nitrogens with zero attached hydrogens (tertiary/aromatic N) is 1. The van der Waals surface area contributed by atoms with Gasteiger partial charge in [0.1, 0.15) is 0 Å². The second kappa shape index (κ2) is 4.71. The van der Waals surface area contributed by atoms with Crippen LogP contribution in [0.25, 0.3) is 0 Å². The average molecular weight is 266 g/mol. The fourth-order valence-corrected chi connectivity index (χ4v) is 4.65. The molecule has 0 amide bonds. The second-order valence-electron chi connectivity index (χ2n) is 7.76. The lowest BCUT2D eigenvalue weighted by atomic mass is 9.48. The summed E-state index contributed by atoms with van der Waals surface area (Å²) in [5, 5.41) is 0. The first kappa shape index (κ1) is 13.8. The van der Waals surface area contributed by atoms with Crippen molar-refractivity contribution in [1.82, 2.24) is 4.90 Å². The molecular weight excluding hydrogens is 236 g/mol. The van der Waals surface area contributed by atoms with Crippen LogP contribution in [-0.2, 0) is 4.74 Å². The number of rotatable bonds is 2. The summed E-state index contributed by atoms with van der Waals surface area (Å²) < 4.78 is 5.89. The maximum absolute atomic E-state index is 6.86. The summed E-state index contributed by atoms with van der Waals surface area (Å²) in [4.78, 5) is 2.62. The third-order valence-corrected chi connectivity index (χ3v) is 6.26. The highest BCUT2D eigenvalue weighted by molar-refractivity contribution is 5.21.